The van der Waals surface area contributed by atoms with Crippen LogP contribution < -0.4 is 10.4 Å². The van der Waals surface area contributed by atoms with Crippen LogP contribution in [0.5, 0.6) is 0 Å². The molecule has 1 aliphatic carbocycles. The number of allylic oxidation sites excluding steroid dienone is 1. The predicted octanol–water partition coefficient (Wildman–Crippen LogP) is 1.89. The Morgan fingerprint density at radius 3 is 2.32 bits per heavy atom. The van der Waals surface area contributed by atoms with Crippen molar-refractivity contribution in [2.75, 3.05) is 0 Å². The summed E-state index contributed by atoms with van der Waals surface area (Å²) in [6.07, 6.45) is 2.37. The monoisotopic (exact) mass is 312 g/mol. The van der Waals surface area contributed by atoms with Crippen molar-refractivity contribution in [3.63, 3.8) is 0 Å². The molecule has 0 amide bonds. The van der Waals surface area contributed by atoms with E-state index < -0.39 is 16.0 Å². The molecule has 2 aromatic rings. The van der Waals surface area contributed by atoms with Gasteiger partial charge in [-0.1, -0.05) is 67.3 Å². The average molecular weight is 312 g/mol. The summed E-state index contributed by atoms with van der Waals surface area (Å²) in [5.74, 6) is -0.452. The van der Waals surface area contributed by atoms with Gasteiger partial charge in [-0.2, -0.15) is 8.42 Å². The van der Waals surface area contributed by atoms with Gasteiger partial charge in [0.05, 0.1) is 4.91 Å². The molecule has 0 aromatic heterocycles. The van der Waals surface area contributed by atoms with E-state index in [9.17, 15) is 13.0 Å². The third-order valence-electron chi connectivity index (χ3n) is 3.89. The Bertz CT molecular complexity index is 941. The van der Waals surface area contributed by atoms with Gasteiger partial charge in [0, 0.05) is 5.92 Å². The van der Waals surface area contributed by atoms with E-state index in [2.05, 4.69) is 6.58 Å². The van der Waals surface area contributed by atoms with Crippen molar-refractivity contribution >= 4 is 21.1 Å². The molecular weight excluding hydrogens is 296 g/mol. The second-order valence-electron chi connectivity index (χ2n) is 5.39. The summed E-state index contributed by atoms with van der Waals surface area (Å²) in [4.78, 5) is 0.0412. The maximum absolute atomic E-state index is 12.0. The van der Waals surface area contributed by atoms with Gasteiger partial charge >= 0.3 is 0 Å². The highest BCUT2D eigenvalue weighted by Crippen LogP contribution is 2.29. The molecule has 0 fully saturated rings. The summed E-state index contributed by atoms with van der Waals surface area (Å²) in [6.45, 7) is 4.00. The molecule has 0 radical (unpaired) electrons. The maximum atomic E-state index is 12.0. The van der Waals surface area contributed by atoms with Gasteiger partial charge in [-0.15, -0.1) is 0 Å². The van der Waals surface area contributed by atoms with Gasteiger partial charge in [0.25, 0.3) is 10.1 Å². The van der Waals surface area contributed by atoms with E-state index in [1.807, 2.05) is 48.5 Å². The lowest BCUT2D eigenvalue weighted by Gasteiger charge is -2.22. The third-order valence-corrected chi connectivity index (χ3v) is 4.95. The summed E-state index contributed by atoms with van der Waals surface area (Å²) in [6, 6.07) is 16.8. The van der Waals surface area contributed by atoms with Gasteiger partial charge in [-0.3, -0.25) is 4.55 Å². The molecule has 0 bridgehead atoms. The van der Waals surface area contributed by atoms with Crippen molar-refractivity contribution in [2.24, 2.45) is 5.92 Å². The molecule has 1 unspecified atom stereocenters. The second-order valence-corrected chi connectivity index (χ2v) is 6.78. The Labute approximate surface area is 129 Å². The van der Waals surface area contributed by atoms with Crippen molar-refractivity contribution in [3.8, 4) is 0 Å². The molecule has 0 saturated heterocycles. The first kappa shape index (κ1) is 14.8. The van der Waals surface area contributed by atoms with Crippen LogP contribution in [0.15, 0.2) is 66.7 Å². The number of hydrogen-bond donors (Lipinski definition) is 1. The Morgan fingerprint density at radius 2 is 1.64 bits per heavy atom. The highest BCUT2D eigenvalue weighted by Gasteiger charge is 2.29. The van der Waals surface area contributed by atoms with Gasteiger partial charge in [0.1, 0.15) is 0 Å². The summed E-state index contributed by atoms with van der Waals surface area (Å²) in [7, 11) is -4.31. The molecule has 1 atom stereocenters. The summed E-state index contributed by atoms with van der Waals surface area (Å²) in [5, 5.41) is 1.32. The fourth-order valence-electron chi connectivity index (χ4n) is 2.90. The fraction of sp³-hybridized carbons (Fsp3) is 0.111. The highest BCUT2D eigenvalue weighted by atomic mass is 32.2. The molecule has 0 spiro atoms. The first-order valence-electron chi connectivity index (χ1n) is 6.98. The van der Waals surface area contributed by atoms with Crippen LogP contribution in [0, 0.1) is 5.92 Å². The second kappa shape index (κ2) is 5.55. The van der Waals surface area contributed by atoms with Crippen LogP contribution in [0.3, 0.4) is 0 Å². The summed E-state index contributed by atoms with van der Waals surface area (Å²) < 4.78 is 33.7. The number of hydrogen-bond acceptors (Lipinski definition) is 2. The lowest BCUT2D eigenvalue weighted by molar-refractivity contribution is 0.492. The third kappa shape index (κ3) is 2.75. The van der Waals surface area contributed by atoms with E-state index in [-0.39, 0.29) is 4.91 Å². The van der Waals surface area contributed by atoms with Crippen molar-refractivity contribution in [3.05, 3.63) is 82.8 Å². The van der Waals surface area contributed by atoms with Crippen LogP contribution in [-0.2, 0) is 16.5 Å². The van der Waals surface area contributed by atoms with Crippen LogP contribution >= 0.6 is 0 Å². The first-order chi connectivity index (χ1) is 10.5. The van der Waals surface area contributed by atoms with E-state index >= 15 is 0 Å². The van der Waals surface area contributed by atoms with E-state index in [0.29, 0.717) is 17.2 Å². The normalized spacial score (nSPS) is 17.8. The minimum Gasteiger partial charge on any atom is -0.282 e. The van der Waals surface area contributed by atoms with Crippen molar-refractivity contribution in [2.45, 2.75) is 6.42 Å². The number of benzene rings is 2. The van der Waals surface area contributed by atoms with Crippen molar-refractivity contribution < 1.29 is 13.0 Å². The van der Waals surface area contributed by atoms with E-state index in [0.717, 1.165) is 10.8 Å². The quantitative estimate of drug-likeness (QED) is 0.881. The van der Waals surface area contributed by atoms with Crippen LogP contribution in [0.4, 0.5) is 0 Å². The SMILES string of the molecule is C=C1C=c2ccccc2=C(S(=O)(=O)O)C1Cc1ccccc1. The molecule has 1 aliphatic rings. The average Bonchev–Trinajstić information content (AvgIpc) is 2.47. The highest BCUT2D eigenvalue weighted by molar-refractivity contribution is 7.95. The van der Waals surface area contributed by atoms with Crippen LogP contribution in [0.25, 0.3) is 11.0 Å². The van der Waals surface area contributed by atoms with Crippen LogP contribution in [-0.4, -0.2) is 13.0 Å². The largest absolute Gasteiger partial charge is 0.291 e. The molecule has 2 aromatic carbocycles. The minimum atomic E-state index is -4.31. The molecule has 112 valence electrons. The molecule has 22 heavy (non-hydrogen) atoms. The van der Waals surface area contributed by atoms with E-state index in [1.54, 1.807) is 12.1 Å². The van der Waals surface area contributed by atoms with E-state index in [4.69, 9.17) is 0 Å². The topological polar surface area (TPSA) is 54.4 Å². The number of rotatable bonds is 3. The lowest BCUT2D eigenvalue weighted by atomic mass is 9.87. The Kier molecular flexibility index (Phi) is 3.72. The molecular formula is C18H16O3S. The standard InChI is InChI=1S/C18H16O3S/c1-13-11-15-9-5-6-10-16(15)18(22(19,20)21)17(13)12-14-7-3-2-4-8-14/h2-11,17H,1,12H2,(H,19,20,21). The number of fused-ring (bicyclic) bond motifs is 1. The molecule has 4 heteroatoms. The molecule has 0 heterocycles. The smallest absolute Gasteiger partial charge is 0.282 e. The van der Waals surface area contributed by atoms with Crippen LogP contribution in [0.2, 0.25) is 0 Å². The fourth-order valence-corrected chi connectivity index (χ4v) is 3.95. The minimum absolute atomic E-state index is 0.0412. The van der Waals surface area contributed by atoms with Crippen molar-refractivity contribution in [1.29, 1.82) is 0 Å². The lowest BCUT2D eigenvalue weighted by Crippen LogP contribution is -2.36. The zero-order valence-electron chi connectivity index (χ0n) is 11.9. The van der Waals surface area contributed by atoms with Gasteiger partial charge in [-0.05, 0) is 28.0 Å². The first-order valence-corrected chi connectivity index (χ1v) is 8.42. The molecule has 1 N–H and O–H groups in total. The van der Waals surface area contributed by atoms with Crippen LogP contribution in [0.1, 0.15) is 5.56 Å². The van der Waals surface area contributed by atoms with Gasteiger partial charge in [-0.25, -0.2) is 0 Å². The molecule has 0 aliphatic heterocycles. The Balaban J connectivity index is 2.23. The Hall–Kier alpha value is -2.17. The van der Waals surface area contributed by atoms with E-state index in [1.165, 1.54) is 0 Å². The predicted molar refractivity (Wildman–Crippen MR) is 87.9 cm³/mol. The zero-order chi connectivity index (χ0) is 15.7. The summed E-state index contributed by atoms with van der Waals surface area (Å²) in [5.41, 5.74) is 1.69. The Morgan fingerprint density at radius 1 is 1.00 bits per heavy atom. The van der Waals surface area contributed by atoms with Gasteiger partial charge in [0.15, 0.2) is 0 Å². The summed E-state index contributed by atoms with van der Waals surface area (Å²) >= 11 is 0. The van der Waals surface area contributed by atoms with Crippen molar-refractivity contribution in [1.82, 2.24) is 0 Å². The molecule has 0 saturated carbocycles. The maximum Gasteiger partial charge on any atom is 0.291 e. The molecule has 3 rings (SSSR count). The molecule has 3 nitrogen and oxygen atoms in total. The zero-order valence-corrected chi connectivity index (χ0v) is 12.8. The van der Waals surface area contributed by atoms with Gasteiger partial charge in [0.2, 0.25) is 0 Å². The van der Waals surface area contributed by atoms with Gasteiger partial charge < -0.3 is 0 Å².